The Morgan fingerprint density at radius 3 is 2.80 bits per heavy atom. The summed E-state index contributed by atoms with van der Waals surface area (Å²) < 4.78 is 0. The highest BCUT2D eigenvalue weighted by atomic mass is 15.2. The van der Waals surface area contributed by atoms with Gasteiger partial charge in [-0.05, 0) is 42.9 Å². The molecule has 0 aromatic carbocycles. The van der Waals surface area contributed by atoms with Crippen LogP contribution in [0.3, 0.4) is 0 Å². The Morgan fingerprint density at radius 1 is 1.40 bits per heavy atom. The van der Waals surface area contributed by atoms with E-state index in [2.05, 4.69) is 35.9 Å². The van der Waals surface area contributed by atoms with Crippen molar-refractivity contribution in [2.75, 3.05) is 18.0 Å². The van der Waals surface area contributed by atoms with Gasteiger partial charge in [0.2, 0.25) is 0 Å². The standard InChI is InChI=1S/C13H20N2/c1-3-11(2)12-6-7-14-13(10-12)15-8-4-5-9-15/h6-7,10-11H,3-5,8-9H2,1-2H3. The van der Waals surface area contributed by atoms with Crippen LogP contribution in [0.15, 0.2) is 18.3 Å². The van der Waals surface area contributed by atoms with Gasteiger partial charge >= 0.3 is 0 Å². The van der Waals surface area contributed by atoms with E-state index in [-0.39, 0.29) is 0 Å². The fourth-order valence-corrected chi connectivity index (χ4v) is 2.10. The third kappa shape index (κ3) is 2.31. The Bertz CT molecular complexity index is 316. The van der Waals surface area contributed by atoms with Crippen LogP contribution in [-0.4, -0.2) is 18.1 Å². The molecule has 0 spiro atoms. The number of hydrogen-bond acceptors (Lipinski definition) is 2. The first-order valence-electron chi connectivity index (χ1n) is 6.02. The maximum Gasteiger partial charge on any atom is 0.128 e. The SMILES string of the molecule is CCC(C)c1ccnc(N2CCCC2)c1. The van der Waals surface area contributed by atoms with Gasteiger partial charge in [0.1, 0.15) is 5.82 Å². The second-order valence-corrected chi connectivity index (χ2v) is 4.45. The molecule has 2 nitrogen and oxygen atoms in total. The Balaban J connectivity index is 2.18. The molecule has 1 aliphatic heterocycles. The summed E-state index contributed by atoms with van der Waals surface area (Å²) in [5, 5.41) is 0. The van der Waals surface area contributed by atoms with Gasteiger partial charge < -0.3 is 4.90 Å². The zero-order valence-corrected chi connectivity index (χ0v) is 9.74. The Labute approximate surface area is 92.3 Å². The van der Waals surface area contributed by atoms with E-state index in [4.69, 9.17) is 0 Å². The lowest BCUT2D eigenvalue weighted by Crippen LogP contribution is -2.19. The predicted octanol–water partition coefficient (Wildman–Crippen LogP) is 3.20. The highest BCUT2D eigenvalue weighted by Gasteiger charge is 2.14. The average Bonchev–Trinajstić information content (AvgIpc) is 2.82. The highest BCUT2D eigenvalue weighted by Crippen LogP contribution is 2.23. The van der Waals surface area contributed by atoms with Gasteiger partial charge in [-0.3, -0.25) is 0 Å². The minimum absolute atomic E-state index is 0.648. The summed E-state index contributed by atoms with van der Waals surface area (Å²) >= 11 is 0. The zero-order valence-electron chi connectivity index (χ0n) is 9.74. The molecule has 1 saturated heterocycles. The fraction of sp³-hybridized carbons (Fsp3) is 0.615. The molecule has 0 amide bonds. The number of aromatic nitrogens is 1. The Morgan fingerprint density at radius 2 is 2.13 bits per heavy atom. The summed E-state index contributed by atoms with van der Waals surface area (Å²) in [6.07, 6.45) is 5.78. The first-order chi connectivity index (χ1) is 7.31. The lowest BCUT2D eigenvalue weighted by Gasteiger charge is -2.18. The van der Waals surface area contributed by atoms with Crippen LogP contribution in [0.4, 0.5) is 5.82 Å². The summed E-state index contributed by atoms with van der Waals surface area (Å²) in [6.45, 7) is 6.87. The lowest BCUT2D eigenvalue weighted by atomic mass is 10.00. The smallest absolute Gasteiger partial charge is 0.128 e. The minimum Gasteiger partial charge on any atom is -0.357 e. The van der Waals surface area contributed by atoms with Gasteiger partial charge in [-0.25, -0.2) is 4.98 Å². The summed E-state index contributed by atoms with van der Waals surface area (Å²) in [5.74, 6) is 1.82. The normalized spacial score (nSPS) is 18.1. The van der Waals surface area contributed by atoms with Gasteiger partial charge in [0.25, 0.3) is 0 Å². The zero-order chi connectivity index (χ0) is 10.7. The van der Waals surface area contributed by atoms with Crippen molar-refractivity contribution in [3.05, 3.63) is 23.9 Å². The van der Waals surface area contributed by atoms with Crippen LogP contribution in [0.5, 0.6) is 0 Å². The topological polar surface area (TPSA) is 16.1 Å². The van der Waals surface area contributed by atoms with Crippen molar-refractivity contribution in [3.63, 3.8) is 0 Å². The van der Waals surface area contributed by atoms with Crippen molar-refractivity contribution in [2.45, 2.75) is 39.0 Å². The predicted molar refractivity (Wildman–Crippen MR) is 64.4 cm³/mol. The minimum atomic E-state index is 0.648. The molecule has 1 unspecified atom stereocenters. The third-order valence-electron chi connectivity index (χ3n) is 3.38. The monoisotopic (exact) mass is 204 g/mol. The summed E-state index contributed by atoms with van der Waals surface area (Å²) in [6, 6.07) is 4.41. The van der Waals surface area contributed by atoms with Gasteiger partial charge in [-0.15, -0.1) is 0 Å². The second kappa shape index (κ2) is 4.65. The van der Waals surface area contributed by atoms with Crippen molar-refractivity contribution in [1.29, 1.82) is 0 Å². The molecule has 1 fully saturated rings. The van der Waals surface area contributed by atoms with Gasteiger partial charge in [0.05, 0.1) is 0 Å². The van der Waals surface area contributed by atoms with Crippen LogP contribution in [0, 0.1) is 0 Å². The average molecular weight is 204 g/mol. The molecular weight excluding hydrogens is 184 g/mol. The van der Waals surface area contributed by atoms with Crippen LogP contribution in [-0.2, 0) is 0 Å². The number of pyridine rings is 1. The van der Waals surface area contributed by atoms with Gasteiger partial charge in [0, 0.05) is 19.3 Å². The molecular formula is C13H20N2. The maximum absolute atomic E-state index is 4.46. The van der Waals surface area contributed by atoms with Crippen LogP contribution in [0.1, 0.15) is 44.6 Å². The number of anilines is 1. The number of hydrogen-bond donors (Lipinski definition) is 0. The molecule has 1 aromatic rings. The summed E-state index contributed by atoms with van der Waals surface area (Å²) in [4.78, 5) is 6.86. The van der Waals surface area contributed by atoms with Crippen molar-refractivity contribution < 1.29 is 0 Å². The second-order valence-electron chi connectivity index (χ2n) is 4.45. The van der Waals surface area contributed by atoms with Crippen molar-refractivity contribution in [2.24, 2.45) is 0 Å². The van der Waals surface area contributed by atoms with Crippen molar-refractivity contribution in [1.82, 2.24) is 4.98 Å². The molecule has 2 heteroatoms. The molecule has 0 radical (unpaired) electrons. The lowest BCUT2D eigenvalue weighted by molar-refractivity contribution is 0.731. The first kappa shape index (κ1) is 10.5. The molecule has 1 aliphatic rings. The maximum atomic E-state index is 4.46. The number of nitrogens with zero attached hydrogens (tertiary/aromatic N) is 2. The van der Waals surface area contributed by atoms with E-state index in [0.29, 0.717) is 5.92 Å². The van der Waals surface area contributed by atoms with E-state index >= 15 is 0 Å². The third-order valence-corrected chi connectivity index (χ3v) is 3.38. The molecule has 0 aliphatic carbocycles. The molecule has 0 saturated carbocycles. The van der Waals surface area contributed by atoms with Gasteiger partial charge in [0.15, 0.2) is 0 Å². The van der Waals surface area contributed by atoms with Crippen LogP contribution < -0.4 is 4.90 Å². The molecule has 1 aromatic heterocycles. The molecule has 2 heterocycles. The Hall–Kier alpha value is -1.05. The molecule has 1 atom stereocenters. The molecule has 82 valence electrons. The molecule has 15 heavy (non-hydrogen) atoms. The number of rotatable bonds is 3. The van der Waals surface area contributed by atoms with Crippen molar-refractivity contribution in [3.8, 4) is 0 Å². The molecule has 2 rings (SSSR count). The van der Waals surface area contributed by atoms with E-state index in [0.717, 1.165) is 0 Å². The fourth-order valence-electron chi connectivity index (χ4n) is 2.10. The largest absolute Gasteiger partial charge is 0.357 e. The van der Waals surface area contributed by atoms with Crippen LogP contribution in [0.2, 0.25) is 0 Å². The summed E-state index contributed by atoms with van der Waals surface area (Å²) in [5.41, 5.74) is 1.43. The van der Waals surface area contributed by atoms with Crippen LogP contribution >= 0.6 is 0 Å². The van der Waals surface area contributed by atoms with Gasteiger partial charge in [-0.1, -0.05) is 13.8 Å². The Kier molecular flexibility index (Phi) is 3.24. The highest BCUT2D eigenvalue weighted by molar-refractivity contribution is 5.42. The van der Waals surface area contributed by atoms with E-state index in [1.807, 2.05) is 6.20 Å². The quantitative estimate of drug-likeness (QED) is 0.751. The molecule has 0 bridgehead atoms. The van der Waals surface area contributed by atoms with Crippen molar-refractivity contribution >= 4 is 5.82 Å². The van der Waals surface area contributed by atoms with Crippen LogP contribution in [0.25, 0.3) is 0 Å². The molecule has 0 N–H and O–H groups in total. The van der Waals surface area contributed by atoms with E-state index in [1.165, 1.54) is 43.7 Å². The van der Waals surface area contributed by atoms with Gasteiger partial charge in [-0.2, -0.15) is 0 Å². The first-order valence-corrected chi connectivity index (χ1v) is 6.02. The van der Waals surface area contributed by atoms with E-state index in [1.54, 1.807) is 0 Å². The van der Waals surface area contributed by atoms with E-state index < -0.39 is 0 Å². The summed E-state index contributed by atoms with van der Waals surface area (Å²) in [7, 11) is 0. The van der Waals surface area contributed by atoms with E-state index in [9.17, 15) is 0 Å².